The molecule has 3 aliphatic rings. The van der Waals surface area contributed by atoms with Crippen LogP contribution in [0.1, 0.15) is 72.1 Å². The van der Waals surface area contributed by atoms with Crippen LogP contribution >= 0.6 is 0 Å². The second kappa shape index (κ2) is 6.24. The van der Waals surface area contributed by atoms with E-state index in [0.717, 1.165) is 56.9 Å². The number of carbonyl (C=O) groups excluding carboxylic acids is 1. The molecule has 3 rings (SSSR count). The van der Waals surface area contributed by atoms with Gasteiger partial charge in [-0.25, -0.2) is 4.89 Å². The number of hydrogen-bond donors (Lipinski definition) is 1. The van der Waals surface area contributed by atoms with E-state index < -0.39 is 11.0 Å². The maximum atomic E-state index is 12.6. The van der Waals surface area contributed by atoms with E-state index in [9.17, 15) is 10.1 Å². The molecule has 1 N–H and O–H groups in total. The molecule has 4 atom stereocenters. The summed E-state index contributed by atoms with van der Waals surface area (Å²) in [6.07, 6.45) is 7.46. The number of hydrogen-bond acceptors (Lipinski definition) is 4. The molecule has 3 aliphatic carbocycles. The average molecular weight is 348 g/mol. The first-order valence-electron chi connectivity index (χ1n) is 9.52. The predicted molar refractivity (Wildman–Crippen MR) is 96.9 cm³/mol. The summed E-state index contributed by atoms with van der Waals surface area (Å²) < 4.78 is 5.19. The van der Waals surface area contributed by atoms with Crippen LogP contribution in [0.25, 0.3) is 0 Å². The molecule has 0 unspecified atom stereocenters. The Balaban J connectivity index is 1.99. The smallest absolute Gasteiger partial charge is 0.311 e. The van der Waals surface area contributed by atoms with E-state index in [-0.39, 0.29) is 11.4 Å². The van der Waals surface area contributed by atoms with Crippen LogP contribution in [-0.4, -0.2) is 23.9 Å². The number of fused-ring (bicyclic) bond motifs is 2. The molecule has 0 aliphatic heterocycles. The van der Waals surface area contributed by atoms with Gasteiger partial charge in [-0.2, -0.15) is 0 Å². The van der Waals surface area contributed by atoms with Gasteiger partial charge in [-0.05, 0) is 69.3 Å². The van der Waals surface area contributed by atoms with E-state index in [2.05, 4.69) is 20.4 Å². The first-order chi connectivity index (χ1) is 11.7. The van der Waals surface area contributed by atoms with Crippen LogP contribution in [0.5, 0.6) is 0 Å². The SMILES string of the molecule is C=C(C)[C@@]1(OO)CCC2=C(CC[C@H]3[C@](C)(C(=O)OC)CCC[C@]23C)C1. The van der Waals surface area contributed by atoms with Gasteiger partial charge in [-0.1, -0.05) is 31.1 Å². The van der Waals surface area contributed by atoms with Crippen molar-refractivity contribution in [1.82, 2.24) is 0 Å². The zero-order valence-electron chi connectivity index (χ0n) is 16.1. The van der Waals surface area contributed by atoms with Crippen molar-refractivity contribution in [3.8, 4) is 0 Å². The molecule has 0 radical (unpaired) electrons. The van der Waals surface area contributed by atoms with Crippen molar-refractivity contribution in [3.63, 3.8) is 0 Å². The van der Waals surface area contributed by atoms with Crippen LogP contribution in [0, 0.1) is 16.7 Å². The molecule has 4 nitrogen and oxygen atoms in total. The lowest BCUT2D eigenvalue weighted by Gasteiger charge is -2.56. The van der Waals surface area contributed by atoms with E-state index in [4.69, 9.17) is 9.62 Å². The second-order valence-electron chi connectivity index (χ2n) is 8.90. The maximum Gasteiger partial charge on any atom is 0.311 e. The van der Waals surface area contributed by atoms with E-state index in [1.54, 1.807) is 0 Å². The number of methoxy groups -OCH3 is 1. The average Bonchev–Trinajstić information content (AvgIpc) is 2.60. The lowest BCUT2D eigenvalue weighted by atomic mass is 9.48. The third-order valence-electron chi connectivity index (χ3n) is 7.66. The van der Waals surface area contributed by atoms with E-state index in [1.807, 2.05) is 6.92 Å². The number of carbonyl (C=O) groups is 1. The summed E-state index contributed by atoms with van der Waals surface area (Å²) in [5.74, 6) is 0.269. The lowest BCUT2D eigenvalue weighted by molar-refractivity contribution is -0.314. The number of esters is 1. The van der Waals surface area contributed by atoms with Gasteiger partial charge in [0.05, 0.1) is 12.5 Å². The van der Waals surface area contributed by atoms with Crippen molar-refractivity contribution in [3.05, 3.63) is 23.3 Å². The summed E-state index contributed by atoms with van der Waals surface area (Å²) in [6.45, 7) is 10.4. The second-order valence-corrected chi connectivity index (χ2v) is 8.90. The Morgan fingerprint density at radius 3 is 2.56 bits per heavy atom. The minimum Gasteiger partial charge on any atom is -0.469 e. The molecular weight excluding hydrogens is 316 g/mol. The van der Waals surface area contributed by atoms with Crippen LogP contribution in [0.2, 0.25) is 0 Å². The standard InChI is InChI=1S/C21H32O4/c1-14(2)21(25-23)12-9-16-15(13-21)7-8-17-19(16,3)10-6-11-20(17,4)18(22)24-5/h17,23H,1,6-13H2,2-5H3/t17-,19-,20-,21-/m1/s1. The number of allylic oxidation sites excluding steroid dienone is 1. The van der Waals surface area contributed by atoms with E-state index in [0.29, 0.717) is 5.92 Å². The third kappa shape index (κ3) is 2.60. The fourth-order valence-electron chi connectivity index (χ4n) is 6.16. The zero-order valence-corrected chi connectivity index (χ0v) is 16.1. The first-order valence-corrected chi connectivity index (χ1v) is 9.52. The summed E-state index contributed by atoms with van der Waals surface area (Å²) in [4.78, 5) is 17.5. The van der Waals surface area contributed by atoms with Crippen molar-refractivity contribution in [1.29, 1.82) is 0 Å². The van der Waals surface area contributed by atoms with Gasteiger partial charge in [0.1, 0.15) is 5.60 Å². The lowest BCUT2D eigenvalue weighted by Crippen LogP contribution is -2.52. The molecule has 0 saturated heterocycles. The van der Waals surface area contributed by atoms with E-state index in [1.165, 1.54) is 18.3 Å². The topological polar surface area (TPSA) is 55.8 Å². The van der Waals surface area contributed by atoms with Gasteiger partial charge in [-0.3, -0.25) is 10.1 Å². The maximum absolute atomic E-state index is 12.6. The zero-order chi connectivity index (χ0) is 18.5. The highest BCUT2D eigenvalue weighted by Gasteiger charge is 2.57. The molecule has 25 heavy (non-hydrogen) atoms. The van der Waals surface area contributed by atoms with Crippen LogP contribution < -0.4 is 0 Å². The van der Waals surface area contributed by atoms with Gasteiger partial charge in [0.15, 0.2) is 0 Å². The molecule has 140 valence electrons. The summed E-state index contributed by atoms with van der Waals surface area (Å²) >= 11 is 0. The highest BCUT2D eigenvalue weighted by atomic mass is 17.1. The van der Waals surface area contributed by atoms with Crippen LogP contribution in [0.15, 0.2) is 23.3 Å². The van der Waals surface area contributed by atoms with Crippen LogP contribution in [0.4, 0.5) is 0 Å². The van der Waals surface area contributed by atoms with Gasteiger partial charge in [0.25, 0.3) is 0 Å². The fourth-order valence-corrected chi connectivity index (χ4v) is 6.16. The number of ether oxygens (including phenoxy) is 1. The summed E-state index contributed by atoms with van der Waals surface area (Å²) in [5, 5.41) is 9.54. The Hall–Kier alpha value is -1.13. The van der Waals surface area contributed by atoms with Crippen molar-refractivity contribution in [2.45, 2.75) is 77.7 Å². The van der Waals surface area contributed by atoms with Gasteiger partial charge in [0.2, 0.25) is 0 Å². The Morgan fingerprint density at radius 1 is 1.24 bits per heavy atom. The fraction of sp³-hybridized carbons (Fsp3) is 0.762. The van der Waals surface area contributed by atoms with Gasteiger partial charge in [-0.15, -0.1) is 0 Å². The van der Waals surface area contributed by atoms with Crippen molar-refractivity contribution in [2.75, 3.05) is 7.11 Å². The Morgan fingerprint density at radius 2 is 1.96 bits per heavy atom. The van der Waals surface area contributed by atoms with Crippen molar-refractivity contribution < 1.29 is 19.7 Å². The van der Waals surface area contributed by atoms with Crippen molar-refractivity contribution >= 4 is 5.97 Å². The Bertz CT molecular complexity index is 621. The predicted octanol–water partition coefficient (Wildman–Crippen LogP) is 5.05. The highest BCUT2D eigenvalue weighted by molar-refractivity contribution is 5.77. The highest BCUT2D eigenvalue weighted by Crippen LogP contribution is 2.63. The Kier molecular flexibility index (Phi) is 4.66. The van der Waals surface area contributed by atoms with Crippen molar-refractivity contribution in [2.24, 2.45) is 16.7 Å². The molecular formula is C21H32O4. The molecule has 0 amide bonds. The molecule has 0 spiro atoms. The molecule has 0 heterocycles. The normalized spacial score (nSPS) is 40.9. The minimum atomic E-state index is -0.637. The molecule has 1 saturated carbocycles. The summed E-state index contributed by atoms with van der Waals surface area (Å²) in [5.41, 5.74) is 2.82. The third-order valence-corrected chi connectivity index (χ3v) is 7.66. The molecule has 0 aromatic heterocycles. The largest absolute Gasteiger partial charge is 0.469 e. The molecule has 4 heteroatoms. The quantitative estimate of drug-likeness (QED) is 0.335. The van der Waals surface area contributed by atoms with Gasteiger partial charge >= 0.3 is 5.97 Å². The molecule has 0 aromatic rings. The summed E-state index contributed by atoms with van der Waals surface area (Å²) in [6, 6.07) is 0. The number of rotatable bonds is 3. The van der Waals surface area contributed by atoms with Gasteiger partial charge < -0.3 is 4.74 Å². The van der Waals surface area contributed by atoms with Gasteiger partial charge in [0, 0.05) is 6.42 Å². The molecule has 0 bridgehead atoms. The van der Waals surface area contributed by atoms with E-state index >= 15 is 0 Å². The van der Waals surface area contributed by atoms with Crippen LogP contribution in [-0.2, 0) is 14.4 Å². The molecule has 0 aromatic carbocycles. The minimum absolute atomic E-state index is 0.0471. The monoisotopic (exact) mass is 348 g/mol. The molecule has 1 fully saturated rings. The van der Waals surface area contributed by atoms with Crippen LogP contribution in [0.3, 0.4) is 0 Å². The Labute approximate surface area is 151 Å². The first kappa shape index (κ1) is 18.7. The summed E-state index contributed by atoms with van der Waals surface area (Å²) in [7, 11) is 1.51.